The summed E-state index contributed by atoms with van der Waals surface area (Å²) in [5, 5.41) is 3.11. The molecule has 3 rings (SSSR count). The Kier molecular flexibility index (Phi) is 4.17. The minimum absolute atomic E-state index is 0.193. The number of pyridine rings is 1. The second-order valence-electron chi connectivity index (χ2n) is 5.50. The number of nitrogens with zero attached hydrogens (tertiary/aromatic N) is 3. The number of anilines is 1. The summed E-state index contributed by atoms with van der Waals surface area (Å²) in [5.74, 6) is 1.20. The topological polar surface area (TPSA) is 42.7 Å². The Balaban J connectivity index is 1.86. The zero-order valence-electron chi connectivity index (χ0n) is 13.3. The van der Waals surface area contributed by atoms with E-state index < -0.39 is 11.7 Å². The molecule has 2 heterocycles. The van der Waals surface area contributed by atoms with Crippen LogP contribution in [0, 0.1) is 0 Å². The number of hydrogen-bond donors (Lipinski definition) is 1. The van der Waals surface area contributed by atoms with Gasteiger partial charge >= 0.3 is 6.18 Å². The molecule has 0 saturated carbocycles. The molecule has 0 spiro atoms. The lowest BCUT2D eigenvalue weighted by Gasteiger charge is -2.16. The van der Waals surface area contributed by atoms with Crippen molar-refractivity contribution in [3.63, 3.8) is 0 Å². The van der Waals surface area contributed by atoms with Crippen molar-refractivity contribution in [2.75, 3.05) is 5.32 Å². The summed E-state index contributed by atoms with van der Waals surface area (Å²) in [7, 11) is 0. The molecule has 0 fully saturated rings. The molecule has 7 heteroatoms. The predicted molar refractivity (Wildman–Crippen MR) is 86.7 cm³/mol. The van der Waals surface area contributed by atoms with Crippen LogP contribution in [0.3, 0.4) is 0 Å². The maximum Gasteiger partial charge on any atom is 0.417 e. The number of nitrogens with one attached hydrogen (secondary N) is 1. The van der Waals surface area contributed by atoms with Gasteiger partial charge in [0.2, 0.25) is 0 Å². The molecule has 0 aliphatic carbocycles. The Morgan fingerprint density at radius 3 is 2.54 bits per heavy atom. The van der Waals surface area contributed by atoms with Gasteiger partial charge in [0.25, 0.3) is 0 Å². The lowest BCUT2D eigenvalue weighted by Crippen LogP contribution is -2.14. The summed E-state index contributed by atoms with van der Waals surface area (Å²) in [4.78, 5) is 8.48. The van der Waals surface area contributed by atoms with E-state index in [2.05, 4.69) is 19.9 Å². The predicted octanol–water partition coefficient (Wildman–Crippen LogP) is 4.64. The van der Waals surface area contributed by atoms with Crippen LogP contribution in [0.15, 0.2) is 42.6 Å². The van der Waals surface area contributed by atoms with Gasteiger partial charge in [-0.1, -0.05) is 12.1 Å². The number of fused-ring (bicyclic) bond motifs is 1. The second-order valence-corrected chi connectivity index (χ2v) is 5.50. The van der Waals surface area contributed by atoms with Crippen LogP contribution in [-0.2, 0) is 12.7 Å². The SMILES string of the molecule is CCn1c(C(C)Nc2ccc(C(F)(F)F)cn2)nc2ccccc21. The average Bonchev–Trinajstić information content (AvgIpc) is 2.93. The van der Waals surface area contributed by atoms with E-state index in [0.29, 0.717) is 5.82 Å². The van der Waals surface area contributed by atoms with Crippen molar-refractivity contribution in [3.8, 4) is 0 Å². The molecule has 1 atom stereocenters. The van der Waals surface area contributed by atoms with E-state index in [-0.39, 0.29) is 6.04 Å². The molecule has 0 bridgehead atoms. The molecular weight excluding hydrogens is 317 g/mol. The number of para-hydroxylation sites is 2. The fourth-order valence-electron chi connectivity index (χ4n) is 2.69. The molecule has 0 amide bonds. The zero-order valence-corrected chi connectivity index (χ0v) is 13.3. The maximum atomic E-state index is 12.6. The highest BCUT2D eigenvalue weighted by atomic mass is 19.4. The van der Waals surface area contributed by atoms with E-state index >= 15 is 0 Å². The minimum Gasteiger partial charge on any atom is -0.360 e. The largest absolute Gasteiger partial charge is 0.417 e. The van der Waals surface area contributed by atoms with E-state index in [1.165, 1.54) is 6.07 Å². The van der Waals surface area contributed by atoms with E-state index in [4.69, 9.17) is 0 Å². The van der Waals surface area contributed by atoms with Crippen molar-refractivity contribution in [1.82, 2.24) is 14.5 Å². The standard InChI is InChI=1S/C17H17F3N4/c1-3-24-14-7-5-4-6-13(14)23-16(24)11(2)22-15-9-8-12(10-21-15)17(18,19)20/h4-11H,3H2,1-2H3,(H,21,22). The lowest BCUT2D eigenvalue weighted by atomic mass is 10.2. The van der Waals surface area contributed by atoms with Crippen molar-refractivity contribution in [1.29, 1.82) is 0 Å². The van der Waals surface area contributed by atoms with Gasteiger partial charge in [-0.3, -0.25) is 0 Å². The second kappa shape index (κ2) is 6.14. The molecule has 0 aliphatic rings. The number of aromatic nitrogens is 3. The van der Waals surface area contributed by atoms with Crippen LogP contribution in [0.1, 0.15) is 31.3 Å². The molecular formula is C17H17F3N4. The molecule has 126 valence electrons. The van der Waals surface area contributed by atoms with Gasteiger partial charge in [-0.2, -0.15) is 13.2 Å². The Hall–Kier alpha value is -2.57. The Morgan fingerprint density at radius 2 is 1.92 bits per heavy atom. The third-order valence-corrected chi connectivity index (χ3v) is 3.84. The Morgan fingerprint density at radius 1 is 1.17 bits per heavy atom. The Bertz CT molecular complexity index is 837. The molecule has 1 unspecified atom stereocenters. The van der Waals surface area contributed by atoms with Gasteiger partial charge in [-0.05, 0) is 38.1 Å². The molecule has 0 aliphatic heterocycles. The van der Waals surface area contributed by atoms with Crippen molar-refractivity contribution in [2.45, 2.75) is 32.6 Å². The van der Waals surface area contributed by atoms with Gasteiger partial charge in [0.15, 0.2) is 0 Å². The van der Waals surface area contributed by atoms with Crippen LogP contribution in [0.25, 0.3) is 11.0 Å². The summed E-state index contributed by atoms with van der Waals surface area (Å²) in [5.41, 5.74) is 1.16. The van der Waals surface area contributed by atoms with Gasteiger partial charge in [-0.15, -0.1) is 0 Å². The number of halogens is 3. The molecule has 3 aromatic rings. The number of alkyl halides is 3. The molecule has 1 aromatic carbocycles. The monoisotopic (exact) mass is 334 g/mol. The van der Waals surface area contributed by atoms with Crippen LogP contribution in [0.2, 0.25) is 0 Å². The summed E-state index contributed by atoms with van der Waals surface area (Å²) < 4.78 is 39.9. The first-order chi connectivity index (χ1) is 11.4. The summed E-state index contributed by atoms with van der Waals surface area (Å²) in [6, 6.07) is 9.97. The fraction of sp³-hybridized carbons (Fsp3) is 0.294. The number of hydrogen-bond acceptors (Lipinski definition) is 3. The summed E-state index contributed by atoms with van der Waals surface area (Å²) >= 11 is 0. The molecule has 4 nitrogen and oxygen atoms in total. The lowest BCUT2D eigenvalue weighted by molar-refractivity contribution is -0.137. The van der Waals surface area contributed by atoms with Crippen LogP contribution in [0.4, 0.5) is 19.0 Å². The van der Waals surface area contributed by atoms with Crippen LogP contribution >= 0.6 is 0 Å². The third-order valence-electron chi connectivity index (χ3n) is 3.84. The van der Waals surface area contributed by atoms with Gasteiger partial charge < -0.3 is 9.88 Å². The first-order valence-corrected chi connectivity index (χ1v) is 7.65. The number of imidazole rings is 1. The number of benzene rings is 1. The molecule has 2 aromatic heterocycles. The normalized spacial score (nSPS) is 13.2. The van der Waals surface area contributed by atoms with Crippen LogP contribution in [0.5, 0.6) is 0 Å². The smallest absolute Gasteiger partial charge is 0.360 e. The van der Waals surface area contributed by atoms with E-state index in [9.17, 15) is 13.2 Å². The fourth-order valence-corrected chi connectivity index (χ4v) is 2.69. The summed E-state index contributed by atoms with van der Waals surface area (Å²) in [6.45, 7) is 4.69. The summed E-state index contributed by atoms with van der Waals surface area (Å²) in [6.07, 6.45) is -3.55. The number of aryl methyl sites for hydroxylation is 1. The first-order valence-electron chi connectivity index (χ1n) is 7.65. The highest BCUT2D eigenvalue weighted by Crippen LogP contribution is 2.29. The highest BCUT2D eigenvalue weighted by Gasteiger charge is 2.30. The van der Waals surface area contributed by atoms with Gasteiger partial charge in [-0.25, -0.2) is 9.97 Å². The van der Waals surface area contributed by atoms with Crippen molar-refractivity contribution >= 4 is 16.9 Å². The van der Waals surface area contributed by atoms with Gasteiger partial charge in [0.05, 0.1) is 22.6 Å². The van der Waals surface area contributed by atoms with Crippen molar-refractivity contribution < 1.29 is 13.2 Å². The van der Waals surface area contributed by atoms with Gasteiger partial charge in [0.1, 0.15) is 11.6 Å². The molecule has 24 heavy (non-hydrogen) atoms. The maximum absolute atomic E-state index is 12.6. The minimum atomic E-state index is -4.38. The highest BCUT2D eigenvalue weighted by molar-refractivity contribution is 5.76. The quantitative estimate of drug-likeness (QED) is 0.755. The van der Waals surface area contributed by atoms with Crippen molar-refractivity contribution in [3.05, 3.63) is 54.0 Å². The molecule has 0 radical (unpaired) electrons. The third kappa shape index (κ3) is 3.06. The van der Waals surface area contributed by atoms with Crippen LogP contribution < -0.4 is 5.32 Å². The van der Waals surface area contributed by atoms with Crippen molar-refractivity contribution in [2.24, 2.45) is 0 Å². The Labute approximate surface area is 137 Å². The van der Waals surface area contributed by atoms with E-state index in [1.54, 1.807) is 0 Å². The molecule has 0 saturated heterocycles. The van der Waals surface area contributed by atoms with E-state index in [0.717, 1.165) is 35.7 Å². The zero-order chi connectivity index (χ0) is 17.3. The number of rotatable bonds is 4. The van der Waals surface area contributed by atoms with Gasteiger partial charge in [0, 0.05) is 12.7 Å². The van der Waals surface area contributed by atoms with E-state index in [1.807, 2.05) is 38.1 Å². The first kappa shape index (κ1) is 16.3. The average molecular weight is 334 g/mol. The van der Waals surface area contributed by atoms with Crippen LogP contribution in [-0.4, -0.2) is 14.5 Å². The molecule has 1 N–H and O–H groups in total.